The first kappa shape index (κ1) is 17.9. The number of carbonyl (C=O) groups is 1. The second-order valence-electron chi connectivity index (χ2n) is 7.24. The predicted molar refractivity (Wildman–Crippen MR) is 113 cm³/mol. The summed E-state index contributed by atoms with van der Waals surface area (Å²) in [4.78, 5) is 21.4. The zero-order valence-electron chi connectivity index (χ0n) is 16.3. The molecule has 7 nitrogen and oxygen atoms in total. The molecule has 3 aromatic heterocycles. The van der Waals surface area contributed by atoms with E-state index in [0.717, 1.165) is 39.9 Å². The van der Waals surface area contributed by atoms with Crippen LogP contribution in [0.1, 0.15) is 21.8 Å². The van der Waals surface area contributed by atoms with Crippen molar-refractivity contribution >= 4 is 32.7 Å². The number of fused-ring (bicyclic) bond motifs is 1. The summed E-state index contributed by atoms with van der Waals surface area (Å²) < 4.78 is 8.26. The van der Waals surface area contributed by atoms with E-state index in [1.54, 1.807) is 23.5 Å². The molecule has 1 saturated heterocycles. The van der Waals surface area contributed by atoms with Crippen LogP contribution in [-0.4, -0.2) is 51.8 Å². The summed E-state index contributed by atoms with van der Waals surface area (Å²) in [5, 5.41) is 5.66. The van der Waals surface area contributed by atoms with Crippen molar-refractivity contribution in [1.82, 2.24) is 19.7 Å². The Kier molecular flexibility index (Phi) is 4.35. The lowest BCUT2D eigenvalue weighted by molar-refractivity contribution is 0.0714. The molecule has 29 heavy (non-hydrogen) atoms. The van der Waals surface area contributed by atoms with Crippen molar-refractivity contribution in [3.05, 3.63) is 59.7 Å². The predicted octanol–water partition coefficient (Wildman–Crippen LogP) is 3.65. The van der Waals surface area contributed by atoms with Crippen LogP contribution < -0.4 is 4.90 Å². The smallest absolute Gasteiger partial charge is 0.289 e. The Bertz CT molecular complexity index is 1150. The van der Waals surface area contributed by atoms with E-state index in [-0.39, 0.29) is 5.91 Å². The Balaban J connectivity index is 1.37. The fourth-order valence-corrected chi connectivity index (χ4v) is 4.62. The number of hydrogen-bond acceptors (Lipinski definition) is 6. The van der Waals surface area contributed by atoms with Crippen molar-refractivity contribution in [1.29, 1.82) is 0 Å². The lowest BCUT2D eigenvalue weighted by Gasteiger charge is -2.34. The van der Waals surface area contributed by atoms with E-state index < -0.39 is 0 Å². The molecule has 0 unspecified atom stereocenters. The molecule has 1 aliphatic heterocycles. The van der Waals surface area contributed by atoms with Gasteiger partial charge in [0, 0.05) is 26.2 Å². The van der Waals surface area contributed by atoms with E-state index in [1.807, 2.05) is 16.5 Å². The van der Waals surface area contributed by atoms with E-state index in [2.05, 4.69) is 41.2 Å². The van der Waals surface area contributed by atoms with E-state index in [0.29, 0.717) is 18.8 Å². The third-order valence-corrected chi connectivity index (χ3v) is 6.44. The first-order valence-electron chi connectivity index (χ1n) is 9.61. The van der Waals surface area contributed by atoms with E-state index >= 15 is 0 Å². The third kappa shape index (κ3) is 3.19. The number of hydrogen-bond donors (Lipinski definition) is 0. The number of benzene rings is 1. The average molecular weight is 407 g/mol. The molecule has 0 atom stereocenters. The second kappa shape index (κ2) is 7.04. The number of nitrogens with zero attached hydrogens (tertiary/aromatic N) is 5. The number of thiazole rings is 1. The van der Waals surface area contributed by atoms with Crippen molar-refractivity contribution < 1.29 is 9.21 Å². The minimum absolute atomic E-state index is 0.0511. The molecular weight excluding hydrogens is 386 g/mol. The SMILES string of the molecule is Cc1ccc(-n2nc(C)c3sc(N4CCN(C(=O)c5ccco5)CC4)nc32)cc1. The molecule has 0 N–H and O–H groups in total. The largest absolute Gasteiger partial charge is 0.459 e. The standard InChI is InChI=1S/C21H21N5O2S/c1-14-5-7-16(8-6-14)26-19-18(15(2)23-26)29-21(22-19)25-11-9-24(10-12-25)20(27)17-4-3-13-28-17/h3-8,13H,9-12H2,1-2H3. The topological polar surface area (TPSA) is 67.4 Å². The highest BCUT2D eigenvalue weighted by molar-refractivity contribution is 7.22. The van der Waals surface area contributed by atoms with Crippen LogP contribution in [0.2, 0.25) is 0 Å². The van der Waals surface area contributed by atoms with Gasteiger partial charge in [0.05, 0.1) is 22.3 Å². The summed E-state index contributed by atoms with van der Waals surface area (Å²) in [5.41, 5.74) is 4.10. The Morgan fingerprint density at radius 2 is 1.83 bits per heavy atom. The lowest BCUT2D eigenvalue weighted by Crippen LogP contribution is -2.48. The van der Waals surface area contributed by atoms with Gasteiger partial charge in [0.1, 0.15) is 0 Å². The van der Waals surface area contributed by atoms with Gasteiger partial charge in [-0.15, -0.1) is 0 Å². The molecule has 0 aliphatic carbocycles. The fraction of sp³-hybridized carbons (Fsp3) is 0.286. The second-order valence-corrected chi connectivity index (χ2v) is 8.22. The molecule has 1 aromatic carbocycles. The molecule has 8 heteroatoms. The van der Waals surface area contributed by atoms with Crippen LogP contribution in [0.4, 0.5) is 5.13 Å². The zero-order valence-corrected chi connectivity index (χ0v) is 17.1. The van der Waals surface area contributed by atoms with Gasteiger partial charge in [0.25, 0.3) is 5.91 Å². The Morgan fingerprint density at radius 3 is 2.52 bits per heavy atom. The highest BCUT2D eigenvalue weighted by atomic mass is 32.1. The van der Waals surface area contributed by atoms with Gasteiger partial charge in [-0.25, -0.2) is 4.68 Å². The number of amides is 1. The molecule has 0 bridgehead atoms. The first-order chi connectivity index (χ1) is 14.1. The van der Waals surface area contributed by atoms with Crippen LogP contribution in [0.25, 0.3) is 16.0 Å². The van der Waals surface area contributed by atoms with Crippen molar-refractivity contribution in [3.8, 4) is 5.69 Å². The fourth-order valence-electron chi connectivity index (χ4n) is 3.58. The molecule has 1 aliphatic rings. The van der Waals surface area contributed by atoms with Crippen molar-refractivity contribution in [3.63, 3.8) is 0 Å². The van der Waals surface area contributed by atoms with Crippen LogP contribution in [0.5, 0.6) is 0 Å². The molecule has 148 valence electrons. The number of anilines is 1. The maximum atomic E-state index is 12.5. The van der Waals surface area contributed by atoms with Gasteiger partial charge >= 0.3 is 0 Å². The van der Waals surface area contributed by atoms with E-state index in [9.17, 15) is 4.79 Å². The Hall–Kier alpha value is -3.13. The zero-order chi connectivity index (χ0) is 20.0. The molecule has 0 radical (unpaired) electrons. The van der Waals surface area contributed by atoms with Crippen molar-refractivity contribution in [2.24, 2.45) is 0 Å². The number of furan rings is 1. The molecule has 0 spiro atoms. The molecule has 4 heterocycles. The third-order valence-electron chi connectivity index (χ3n) is 5.23. The number of aryl methyl sites for hydroxylation is 2. The molecule has 0 saturated carbocycles. The normalized spacial score (nSPS) is 14.7. The van der Waals surface area contributed by atoms with Crippen LogP contribution in [0.15, 0.2) is 47.1 Å². The molecular formula is C21H21N5O2S. The van der Waals surface area contributed by atoms with E-state index in [1.165, 1.54) is 11.8 Å². The van der Waals surface area contributed by atoms with Gasteiger partial charge in [-0.2, -0.15) is 10.1 Å². The molecule has 1 amide bonds. The Labute approximate surface area is 172 Å². The van der Waals surface area contributed by atoms with Crippen LogP contribution in [-0.2, 0) is 0 Å². The molecule has 1 fully saturated rings. The summed E-state index contributed by atoms with van der Waals surface area (Å²) in [5.74, 6) is 0.344. The quantitative estimate of drug-likeness (QED) is 0.519. The van der Waals surface area contributed by atoms with Crippen LogP contribution in [0, 0.1) is 13.8 Å². The van der Waals surface area contributed by atoms with Crippen molar-refractivity contribution in [2.75, 3.05) is 31.1 Å². The summed E-state index contributed by atoms with van der Waals surface area (Å²) in [7, 11) is 0. The highest BCUT2D eigenvalue weighted by Crippen LogP contribution is 2.33. The minimum atomic E-state index is -0.0511. The highest BCUT2D eigenvalue weighted by Gasteiger charge is 2.26. The Morgan fingerprint density at radius 1 is 1.07 bits per heavy atom. The summed E-state index contributed by atoms with van der Waals surface area (Å²) >= 11 is 1.67. The van der Waals surface area contributed by atoms with Crippen LogP contribution in [0.3, 0.4) is 0 Å². The minimum Gasteiger partial charge on any atom is -0.459 e. The number of carbonyl (C=O) groups excluding carboxylic acids is 1. The van der Waals surface area contributed by atoms with Gasteiger partial charge in [0.15, 0.2) is 16.5 Å². The summed E-state index contributed by atoms with van der Waals surface area (Å²) in [6, 6.07) is 11.8. The lowest BCUT2D eigenvalue weighted by atomic mass is 10.2. The summed E-state index contributed by atoms with van der Waals surface area (Å²) in [6.07, 6.45) is 1.53. The summed E-state index contributed by atoms with van der Waals surface area (Å²) in [6.45, 7) is 6.90. The number of aromatic nitrogens is 3. The average Bonchev–Trinajstić information content (AvgIpc) is 3.47. The van der Waals surface area contributed by atoms with Gasteiger partial charge in [0.2, 0.25) is 0 Å². The van der Waals surface area contributed by atoms with Gasteiger partial charge in [-0.1, -0.05) is 29.0 Å². The molecule has 4 aromatic rings. The molecule has 5 rings (SSSR count). The number of rotatable bonds is 3. The van der Waals surface area contributed by atoms with Crippen LogP contribution >= 0.6 is 11.3 Å². The number of piperazine rings is 1. The van der Waals surface area contributed by atoms with Gasteiger partial charge < -0.3 is 14.2 Å². The first-order valence-corrected chi connectivity index (χ1v) is 10.4. The van der Waals surface area contributed by atoms with Gasteiger partial charge in [-0.3, -0.25) is 4.79 Å². The van der Waals surface area contributed by atoms with E-state index in [4.69, 9.17) is 9.40 Å². The maximum Gasteiger partial charge on any atom is 0.289 e. The van der Waals surface area contributed by atoms with Gasteiger partial charge in [-0.05, 0) is 38.1 Å². The maximum absolute atomic E-state index is 12.5. The monoisotopic (exact) mass is 407 g/mol. The van der Waals surface area contributed by atoms with Crippen molar-refractivity contribution in [2.45, 2.75) is 13.8 Å².